The molecule has 6 heteroatoms. The molecule has 2 rings (SSSR count). The molecule has 1 fully saturated rings. The summed E-state index contributed by atoms with van der Waals surface area (Å²) in [6.07, 6.45) is 6.00. The molecule has 26 heavy (non-hydrogen) atoms. The zero-order valence-electron chi connectivity index (χ0n) is 16.1. The Morgan fingerprint density at radius 1 is 1.15 bits per heavy atom. The lowest BCUT2D eigenvalue weighted by molar-refractivity contribution is -0.122. The third kappa shape index (κ3) is 4.81. The maximum atomic E-state index is 12.9. The number of thioether (sulfide) groups is 1. The minimum Gasteiger partial charge on any atom is -0.493 e. The summed E-state index contributed by atoms with van der Waals surface area (Å²) in [4.78, 5) is 20.0. The van der Waals surface area contributed by atoms with Crippen LogP contribution in [0.15, 0.2) is 28.1 Å². The Morgan fingerprint density at radius 2 is 1.92 bits per heavy atom. The number of para-hydroxylation sites is 1. The molecule has 0 aliphatic carbocycles. The molecule has 0 bridgehead atoms. The standard InChI is InChI=1S/C20H28N2O3S/c1-5-7-12-21-20-22(13-8-6-2)19(23)17(26-20)14-15-10-9-11-16(24-3)18(15)25-4/h9-11,14H,5-8,12-13H2,1-4H3/b17-14-,21-20?. The summed E-state index contributed by atoms with van der Waals surface area (Å²) in [7, 11) is 3.21. The van der Waals surface area contributed by atoms with E-state index in [4.69, 9.17) is 9.47 Å². The molecule has 1 heterocycles. The van der Waals surface area contributed by atoms with Crippen molar-refractivity contribution in [1.82, 2.24) is 4.90 Å². The van der Waals surface area contributed by atoms with Crippen LogP contribution in [0.1, 0.15) is 45.1 Å². The molecule has 5 nitrogen and oxygen atoms in total. The molecule has 0 saturated carbocycles. The molecule has 142 valence electrons. The Balaban J connectivity index is 2.33. The van der Waals surface area contributed by atoms with Crippen molar-refractivity contribution < 1.29 is 14.3 Å². The number of rotatable bonds is 9. The van der Waals surface area contributed by atoms with Gasteiger partial charge in [0.05, 0.1) is 19.1 Å². The first-order valence-corrected chi connectivity index (χ1v) is 9.94. The number of unbranched alkanes of at least 4 members (excludes halogenated alkanes) is 2. The van der Waals surface area contributed by atoms with E-state index < -0.39 is 0 Å². The molecule has 1 aromatic carbocycles. The summed E-state index contributed by atoms with van der Waals surface area (Å²) in [5.41, 5.74) is 0.827. The molecular weight excluding hydrogens is 348 g/mol. The maximum absolute atomic E-state index is 12.9. The number of ether oxygens (including phenoxy) is 2. The van der Waals surface area contributed by atoms with Crippen molar-refractivity contribution in [3.05, 3.63) is 28.7 Å². The number of methoxy groups -OCH3 is 2. The van der Waals surface area contributed by atoms with Gasteiger partial charge >= 0.3 is 0 Å². The van der Waals surface area contributed by atoms with Gasteiger partial charge in [0, 0.05) is 18.7 Å². The van der Waals surface area contributed by atoms with E-state index in [1.807, 2.05) is 29.2 Å². The van der Waals surface area contributed by atoms with E-state index in [9.17, 15) is 4.79 Å². The van der Waals surface area contributed by atoms with Crippen molar-refractivity contribution in [2.75, 3.05) is 27.3 Å². The van der Waals surface area contributed by atoms with E-state index in [1.54, 1.807) is 14.2 Å². The zero-order chi connectivity index (χ0) is 18.9. The second-order valence-electron chi connectivity index (χ2n) is 6.02. The molecular formula is C20H28N2O3S. The number of hydrogen-bond acceptors (Lipinski definition) is 5. The van der Waals surface area contributed by atoms with Crippen LogP contribution in [0.5, 0.6) is 11.5 Å². The molecule has 0 atom stereocenters. The Hall–Kier alpha value is -1.95. The molecule has 0 radical (unpaired) electrons. The lowest BCUT2D eigenvalue weighted by atomic mass is 10.1. The van der Waals surface area contributed by atoms with Crippen LogP contribution in [-0.2, 0) is 4.79 Å². The summed E-state index contributed by atoms with van der Waals surface area (Å²) in [5, 5.41) is 0.810. The highest BCUT2D eigenvalue weighted by Gasteiger charge is 2.32. The van der Waals surface area contributed by atoms with Gasteiger partial charge in [-0.1, -0.05) is 38.8 Å². The fraction of sp³-hybridized carbons (Fsp3) is 0.500. The van der Waals surface area contributed by atoms with E-state index in [0.717, 1.165) is 43.0 Å². The minimum absolute atomic E-state index is 0.0172. The molecule has 0 N–H and O–H groups in total. The molecule has 1 amide bonds. The van der Waals surface area contributed by atoms with Gasteiger partial charge in [-0.3, -0.25) is 14.7 Å². The van der Waals surface area contributed by atoms with Gasteiger partial charge in [-0.25, -0.2) is 0 Å². The number of carbonyl (C=O) groups is 1. The van der Waals surface area contributed by atoms with E-state index in [1.165, 1.54) is 11.8 Å². The van der Waals surface area contributed by atoms with Crippen molar-refractivity contribution in [3.63, 3.8) is 0 Å². The quantitative estimate of drug-likeness (QED) is 0.468. The second kappa shape index (κ2) is 10.3. The predicted molar refractivity (Wildman–Crippen MR) is 109 cm³/mol. The Morgan fingerprint density at radius 3 is 2.58 bits per heavy atom. The van der Waals surface area contributed by atoms with Gasteiger partial charge in [-0.2, -0.15) is 0 Å². The van der Waals surface area contributed by atoms with E-state index >= 15 is 0 Å². The maximum Gasteiger partial charge on any atom is 0.266 e. The van der Waals surface area contributed by atoms with Crippen LogP contribution in [0.25, 0.3) is 6.08 Å². The molecule has 1 aliphatic heterocycles. The SMILES string of the molecule is CCCCN=C1S/C(=C\c2cccc(OC)c2OC)C(=O)N1CCCC. The normalized spacial score (nSPS) is 17.4. The van der Waals surface area contributed by atoms with Gasteiger partial charge in [0.1, 0.15) is 0 Å². The van der Waals surface area contributed by atoms with Crippen molar-refractivity contribution in [2.45, 2.75) is 39.5 Å². The minimum atomic E-state index is 0.0172. The van der Waals surface area contributed by atoms with Gasteiger partial charge < -0.3 is 9.47 Å². The predicted octanol–water partition coefficient (Wildman–Crippen LogP) is 4.58. The van der Waals surface area contributed by atoms with Crippen molar-refractivity contribution >= 4 is 28.9 Å². The lowest BCUT2D eigenvalue weighted by Gasteiger charge is -2.14. The zero-order valence-corrected chi connectivity index (χ0v) is 16.9. The number of aliphatic imine (C=N–C) groups is 1. The number of benzene rings is 1. The Bertz CT molecular complexity index is 686. The smallest absolute Gasteiger partial charge is 0.266 e. The van der Waals surface area contributed by atoms with Crippen molar-refractivity contribution in [1.29, 1.82) is 0 Å². The summed E-state index contributed by atoms with van der Waals surface area (Å²) in [6.45, 7) is 5.73. The van der Waals surface area contributed by atoms with Gasteiger partial charge in [0.2, 0.25) is 0 Å². The fourth-order valence-corrected chi connectivity index (χ4v) is 3.66. The van der Waals surface area contributed by atoms with Gasteiger partial charge in [0.25, 0.3) is 5.91 Å². The van der Waals surface area contributed by atoms with E-state index in [0.29, 0.717) is 22.9 Å². The average molecular weight is 377 g/mol. The second-order valence-corrected chi connectivity index (χ2v) is 7.03. The highest BCUT2D eigenvalue weighted by atomic mass is 32.2. The van der Waals surface area contributed by atoms with Crippen LogP contribution < -0.4 is 9.47 Å². The summed E-state index contributed by atoms with van der Waals surface area (Å²) in [6, 6.07) is 5.66. The van der Waals surface area contributed by atoms with Crippen LogP contribution in [0.3, 0.4) is 0 Å². The first-order valence-electron chi connectivity index (χ1n) is 9.13. The first-order chi connectivity index (χ1) is 12.7. The van der Waals surface area contributed by atoms with E-state index in [-0.39, 0.29) is 5.91 Å². The largest absolute Gasteiger partial charge is 0.493 e. The third-order valence-electron chi connectivity index (χ3n) is 4.10. The van der Waals surface area contributed by atoms with Gasteiger partial charge in [-0.15, -0.1) is 0 Å². The monoisotopic (exact) mass is 376 g/mol. The molecule has 1 saturated heterocycles. The van der Waals surface area contributed by atoms with Crippen LogP contribution in [0.4, 0.5) is 0 Å². The van der Waals surface area contributed by atoms with Crippen LogP contribution in [0.2, 0.25) is 0 Å². The first kappa shape index (κ1) is 20.4. The summed E-state index contributed by atoms with van der Waals surface area (Å²) in [5.74, 6) is 1.30. The third-order valence-corrected chi connectivity index (χ3v) is 5.15. The van der Waals surface area contributed by atoms with Crippen LogP contribution in [0, 0.1) is 0 Å². The van der Waals surface area contributed by atoms with Gasteiger partial charge in [-0.05, 0) is 36.7 Å². The number of hydrogen-bond donors (Lipinski definition) is 0. The average Bonchev–Trinajstić information content (AvgIpc) is 2.94. The van der Waals surface area contributed by atoms with Crippen LogP contribution in [-0.4, -0.2) is 43.3 Å². The molecule has 0 spiro atoms. The van der Waals surface area contributed by atoms with Crippen LogP contribution >= 0.6 is 11.8 Å². The summed E-state index contributed by atoms with van der Waals surface area (Å²) >= 11 is 1.45. The topological polar surface area (TPSA) is 51.1 Å². The molecule has 1 aromatic rings. The number of carbonyl (C=O) groups excluding carboxylic acids is 1. The lowest BCUT2D eigenvalue weighted by Crippen LogP contribution is -2.30. The van der Waals surface area contributed by atoms with Gasteiger partial charge in [0.15, 0.2) is 16.7 Å². The number of amides is 1. The number of nitrogens with zero attached hydrogens (tertiary/aromatic N) is 2. The molecule has 0 aromatic heterocycles. The fourth-order valence-electron chi connectivity index (χ4n) is 2.64. The highest BCUT2D eigenvalue weighted by molar-refractivity contribution is 8.18. The molecule has 1 aliphatic rings. The Kier molecular flexibility index (Phi) is 8.04. The van der Waals surface area contributed by atoms with Crippen molar-refractivity contribution in [3.8, 4) is 11.5 Å². The summed E-state index contributed by atoms with van der Waals surface area (Å²) < 4.78 is 10.8. The van der Waals surface area contributed by atoms with Crippen molar-refractivity contribution in [2.24, 2.45) is 4.99 Å². The Labute approximate surface area is 160 Å². The highest BCUT2D eigenvalue weighted by Crippen LogP contribution is 2.37. The number of amidine groups is 1. The molecule has 0 unspecified atom stereocenters. The van der Waals surface area contributed by atoms with E-state index in [2.05, 4.69) is 18.8 Å².